The first-order chi connectivity index (χ1) is 13.7. The second-order valence-electron chi connectivity index (χ2n) is 6.22. The molecule has 1 heterocycles. The van der Waals surface area contributed by atoms with Crippen LogP contribution in [0.25, 0.3) is 0 Å². The number of nitrogens with zero attached hydrogens (tertiary/aromatic N) is 2. The number of anilines is 2. The van der Waals surface area contributed by atoms with Crippen molar-refractivity contribution in [2.75, 3.05) is 23.8 Å². The van der Waals surface area contributed by atoms with Gasteiger partial charge < -0.3 is 15.4 Å². The van der Waals surface area contributed by atoms with E-state index >= 15 is 0 Å². The van der Waals surface area contributed by atoms with Crippen molar-refractivity contribution in [3.63, 3.8) is 0 Å². The quantitative estimate of drug-likeness (QED) is 0.548. The number of ether oxygens (including phenoxy) is 1. The van der Waals surface area contributed by atoms with Gasteiger partial charge in [0, 0.05) is 18.3 Å². The van der Waals surface area contributed by atoms with E-state index in [2.05, 4.69) is 32.7 Å². The van der Waals surface area contributed by atoms with E-state index in [9.17, 15) is 4.79 Å². The Balaban J connectivity index is 1.51. The van der Waals surface area contributed by atoms with Crippen molar-refractivity contribution in [1.29, 1.82) is 0 Å². The Morgan fingerprint density at radius 1 is 1.04 bits per heavy atom. The van der Waals surface area contributed by atoms with Crippen LogP contribution in [-0.4, -0.2) is 29.0 Å². The lowest BCUT2D eigenvalue weighted by Crippen LogP contribution is -2.15. The van der Waals surface area contributed by atoms with Crippen LogP contribution in [0.2, 0.25) is 0 Å². The molecule has 0 atom stereocenters. The van der Waals surface area contributed by atoms with Crippen LogP contribution in [0, 0.1) is 0 Å². The third-order valence-electron chi connectivity index (χ3n) is 4.11. The van der Waals surface area contributed by atoms with Crippen molar-refractivity contribution in [2.24, 2.45) is 0 Å². The maximum Gasteiger partial charge on any atom is 0.274 e. The van der Waals surface area contributed by atoms with Crippen LogP contribution >= 0.6 is 0 Å². The van der Waals surface area contributed by atoms with E-state index in [-0.39, 0.29) is 5.91 Å². The standard InChI is InChI=1S/C22H24N4O2/c1-2-28-19-12-10-18(11-13-19)26-22(27)20-15-21(25-16-24-20)23-14-6-9-17-7-4-3-5-8-17/h3-5,7-8,10-13,15-16H,2,6,9,14H2,1H3,(H,26,27)(H,23,24,25). The Labute approximate surface area is 165 Å². The van der Waals surface area contributed by atoms with Gasteiger partial charge in [-0.05, 0) is 49.6 Å². The molecule has 1 amide bonds. The van der Waals surface area contributed by atoms with Gasteiger partial charge in [0.05, 0.1) is 6.61 Å². The Kier molecular flexibility index (Phi) is 6.95. The van der Waals surface area contributed by atoms with Gasteiger partial charge in [-0.1, -0.05) is 30.3 Å². The maximum absolute atomic E-state index is 12.4. The fourth-order valence-corrected chi connectivity index (χ4v) is 2.73. The van der Waals surface area contributed by atoms with Crippen LogP contribution in [0.1, 0.15) is 29.4 Å². The van der Waals surface area contributed by atoms with Gasteiger partial charge in [-0.25, -0.2) is 9.97 Å². The number of carbonyl (C=O) groups is 1. The number of aryl methyl sites for hydroxylation is 1. The Hall–Kier alpha value is -3.41. The summed E-state index contributed by atoms with van der Waals surface area (Å²) in [7, 11) is 0. The third kappa shape index (κ3) is 5.81. The molecule has 1 aromatic heterocycles. The summed E-state index contributed by atoms with van der Waals surface area (Å²) in [5.74, 6) is 1.13. The van der Waals surface area contributed by atoms with E-state index in [0.717, 1.165) is 25.1 Å². The van der Waals surface area contributed by atoms with E-state index in [4.69, 9.17) is 4.74 Å². The molecule has 0 aliphatic carbocycles. The van der Waals surface area contributed by atoms with Crippen molar-refractivity contribution in [3.8, 4) is 5.75 Å². The maximum atomic E-state index is 12.4. The lowest BCUT2D eigenvalue weighted by molar-refractivity contribution is 0.102. The van der Waals surface area contributed by atoms with Gasteiger partial charge in [-0.3, -0.25) is 4.79 Å². The minimum atomic E-state index is -0.279. The smallest absolute Gasteiger partial charge is 0.274 e. The topological polar surface area (TPSA) is 76.1 Å². The molecule has 6 nitrogen and oxygen atoms in total. The monoisotopic (exact) mass is 376 g/mol. The van der Waals surface area contributed by atoms with Crippen molar-refractivity contribution in [1.82, 2.24) is 9.97 Å². The van der Waals surface area contributed by atoms with E-state index in [1.165, 1.54) is 11.9 Å². The summed E-state index contributed by atoms with van der Waals surface area (Å²) in [6.07, 6.45) is 3.36. The highest BCUT2D eigenvalue weighted by molar-refractivity contribution is 6.03. The molecule has 28 heavy (non-hydrogen) atoms. The van der Waals surface area contributed by atoms with Gasteiger partial charge in [0.2, 0.25) is 0 Å². The third-order valence-corrected chi connectivity index (χ3v) is 4.11. The fraction of sp³-hybridized carbons (Fsp3) is 0.227. The summed E-state index contributed by atoms with van der Waals surface area (Å²) >= 11 is 0. The molecule has 0 aliphatic heterocycles. The molecular weight excluding hydrogens is 352 g/mol. The molecule has 0 unspecified atom stereocenters. The Morgan fingerprint density at radius 2 is 1.82 bits per heavy atom. The molecule has 0 spiro atoms. The highest BCUT2D eigenvalue weighted by atomic mass is 16.5. The van der Waals surface area contributed by atoms with Gasteiger partial charge in [0.15, 0.2) is 0 Å². The molecule has 6 heteroatoms. The molecule has 144 valence electrons. The van der Waals surface area contributed by atoms with Gasteiger partial charge in [-0.2, -0.15) is 0 Å². The fourth-order valence-electron chi connectivity index (χ4n) is 2.73. The van der Waals surface area contributed by atoms with Crippen molar-refractivity contribution in [2.45, 2.75) is 19.8 Å². The van der Waals surface area contributed by atoms with Crippen LogP contribution in [0.3, 0.4) is 0 Å². The predicted octanol–water partition coefficient (Wildman–Crippen LogP) is 4.17. The van der Waals surface area contributed by atoms with Crippen molar-refractivity contribution < 1.29 is 9.53 Å². The summed E-state index contributed by atoms with van der Waals surface area (Å²) < 4.78 is 5.40. The SMILES string of the molecule is CCOc1ccc(NC(=O)c2cc(NCCCc3ccccc3)ncn2)cc1. The molecule has 0 bridgehead atoms. The second kappa shape index (κ2) is 10.1. The Morgan fingerprint density at radius 3 is 2.57 bits per heavy atom. The molecule has 3 aromatic rings. The molecule has 0 radical (unpaired) electrons. The summed E-state index contributed by atoms with van der Waals surface area (Å²) in [5.41, 5.74) is 2.31. The minimum Gasteiger partial charge on any atom is -0.494 e. The number of aromatic nitrogens is 2. The zero-order valence-corrected chi connectivity index (χ0v) is 15.9. The first-order valence-corrected chi connectivity index (χ1v) is 9.38. The number of hydrogen-bond acceptors (Lipinski definition) is 5. The van der Waals surface area contributed by atoms with Gasteiger partial charge in [-0.15, -0.1) is 0 Å². The molecule has 3 rings (SSSR count). The van der Waals surface area contributed by atoms with Gasteiger partial charge >= 0.3 is 0 Å². The summed E-state index contributed by atoms with van der Waals surface area (Å²) in [5, 5.41) is 6.08. The lowest BCUT2D eigenvalue weighted by Gasteiger charge is -2.08. The molecule has 2 aromatic carbocycles. The average Bonchev–Trinajstić information content (AvgIpc) is 2.74. The highest BCUT2D eigenvalue weighted by Crippen LogP contribution is 2.16. The van der Waals surface area contributed by atoms with E-state index < -0.39 is 0 Å². The largest absolute Gasteiger partial charge is 0.494 e. The van der Waals surface area contributed by atoms with E-state index in [1.54, 1.807) is 18.2 Å². The molecular formula is C22H24N4O2. The van der Waals surface area contributed by atoms with Crippen LogP contribution < -0.4 is 15.4 Å². The number of hydrogen-bond donors (Lipinski definition) is 2. The number of rotatable bonds is 9. The van der Waals surface area contributed by atoms with Crippen LogP contribution in [0.15, 0.2) is 67.0 Å². The zero-order valence-electron chi connectivity index (χ0n) is 15.9. The van der Waals surface area contributed by atoms with E-state index in [0.29, 0.717) is 23.8 Å². The molecule has 0 saturated heterocycles. The number of amides is 1. The summed E-state index contributed by atoms with van der Waals surface area (Å²) in [6.45, 7) is 3.30. The molecule has 0 aliphatic rings. The molecule has 2 N–H and O–H groups in total. The number of nitrogens with one attached hydrogen (secondary N) is 2. The highest BCUT2D eigenvalue weighted by Gasteiger charge is 2.09. The van der Waals surface area contributed by atoms with Crippen molar-refractivity contribution >= 4 is 17.4 Å². The van der Waals surface area contributed by atoms with Crippen molar-refractivity contribution in [3.05, 3.63) is 78.2 Å². The predicted molar refractivity (Wildman–Crippen MR) is 111 cm³/mol. The van der Waals surface area contributed by atoms with E-state index in [1.807, 2.05) is 37.3 Å². The first-order valence-electron chi connectivity index (χ1n) is 9.38. The number of carbonyl (C=O) groups excluding carboxylic acids is 1. The lowest BCUT2D eigenvalue weighted by atomic mass is 10.1. The Bertz CT molecular complexity index is 883. The number of benzene rings is 2. The minimum absolute atomic E-state index is 0.279. The van der Waals surface area contributed by atoms with Crippen LogP contribution in [-0.2, 0) is 6.42 Å². The molecule has 0 fully saturated rings. The summed E-state index contributed by atoms with van der Waals surface area (Å²) in [4.78, 5) is 20.7. The van der Waals surface area contributed by atoms with Crippen LogP contribution in [0.4, 0.5) is 11.5 Å². The normalized spacial score (nSPS) is 10.3. The molecule has 0 saturated carbocycles. The second-order valence-corrected chi connectivity index (χ2v) is 6.22. The zero-order chi connectivity index (χ0) is 19.6. The van der Waals surface area contributed by atoms with Crippen LogP contribution in [0.5, 0.6) is 5.75 Å². The average molecular weight is 376 g/mol. The van der Waals surface area contributed by atoms with Gasteiger partial charge in [0.25, 0.3) is 5.91 Å². The summed E-state index contributed by atoms with van der Waals surface area (Å²) in [6, 6.07) is 19.2. The van der Waals surface area contributed by atoms with Gasteiger partial charge in [0.1, 0.15) is 23.6 Å². The first kappa shape index (κ1) is 19.4.